The van der Waals surface area contributed by atoms with E-state index in [0.29, 0.717) is 0 Å². The molecule has 0 saturated heterocycles. The Kier molecular flexibility index (Phi) is 7.76. The fourth-order valence-electron chi connectivity index (χ4n) is 13.7. The highest BCUT2D eigenvalue weighted by Gasteiger charge is 2.51. The van der Waals surface area contributed by atoms with Crippen LogP contribution in [0.2, 0.25) is 0 Å². The van der Waals surface area contributed by atoms with E-state index in [1.54, 1.807) is 0 Å². The number of nitrogens with zero attached hydrogens (tertiary/aromatic N) is 1. The molecule has 1 spiro atoms. The zero-order valence-electron chi connectivity index (χ0n) is 38.8. The predicted octanol–water partition coefficient (Wildman–Crippen LogP) is 19.5. The molecule has 15 aromatic rings. The summed E-state index contributed by atoms with van der Waals surface area (Å²) < 4.78 is 7.80. The SMILES string of the molecule is c1ccc2c(c1)-c1c(-c3c4cccc(-c5cccc6sc7ccccc7c56)c4cc4c(-c5cccc6sc7ccccc7c56)cccc34)cccc1C21c2ccccc2-n2c3ccccc3c3cccc1c32. The van der Waals surface area contributed by atoms with E-state index >= 15 is 0 Å². The topological polar surface area (TPSA) is 4.93 Å². The van der Waals surface area contributed by atoms with Crippen molar-refractivity contribution in [3.63, 3.8) is 0 Å². The van der Waals surface area contributed by atoms with Crippen LogP contribution in [0.25, 0.3) is 134 Å². The fraction of sp³-hybridized carbons (Fsp3) is 0.0145. The minimum absolute atomic E-state index is 0.565. The van der Waals surface area contributed by atoms with E-state index in [-0.39, 0.29) is 0 Å². The molecular formula is C69H39NS2. The molecule has 332 valence electrons. The normalized spacial score (nSPS) is 14.7. The van der Waals surface area contributed by atoms with E-state index in [1.807, 2.05) is 22.7 Å². The lowest BCUT2D eigenvalue weighted by Gasteiger charge is -2.39. The first-order valence-corrected chi connectivity index (χ1v) is 26.5. The van der Waals surface area contributed by atoms with Crippen LogP contribution in [0.5, 0.6) is 0 Å². The van der Waals surface area contributed by atoms with Crippen molar-refractivity contribution in [2.75, 3.05) is 0 Å². The molecule has 0 fully saturated rings. The summed E-state index contributed by atoms with van der Waals surface area (Å²) in [5.41, 5.74) is 18.7. The van der Waals surface area contributed by atoms with Gasteiger partial charge in [-0.15, -0.1) is 22.7 Å². The smallest absolute Gasteiger partial charge is 0.0754 e. The van der Waals surface area contributed by atoms with Crippen molar-refractivity contribution in [2.45, 2.75) is 5.41 Å². The monoisotopic (exact) mass is 945 g/mol. The molecule has 0 bridgehead atoms. The summed E-state index contributed by atoms with van der Waals surface area (Å²) in [5, 5.41) is 12.9. The third-order valence-corrected chi connectivity index (χ3v) is 18.7. The molecule has 0 N–H and O–H groups in total. The van der Waals surface area contributed by atoms with E-state index < -0.39 is 5.41 Å². The summed E-state index contributed by atoms with van der Waals surface area (Å²) in [4.78, 5) is 0. The molecule has 1 atom stereocenters. The lowest BCUT2D eigenvalue weighted by molar-refractivity contribution is 0.748. The maximum Gasteiger partial charge on any atom is 0.0754 e. The fourth-order valence-corrected chi connectivity index (χ4v) is 16.0. The summed E-state index contributed by atoms with van der Waals surface area (Å²) in [6.45, 7) is 0. The van der Waals surface area contributed by atoms with E-state index in [2.05, 4.69) is 241 Å². The first-order valence-electron chi connectivity index (χ1n) is 24.9. The second kappa shape index (κ2) is 14.3. The van der Waals surface area contributed by atoms with Crippen LogP contribution in [0.3, 0.4) is 0 Å². The molecule has 17 rings (SSSR count). The third kappa shape index (κ3) is 4.87. The average molecular weight is 946 g/mol. The maximum absolute atomic E-state index is 2.54. The number of thiophene rings is 2. The quantitative estimate of drug-likeness (QED) is 0.156. The molecular weight excluding hydrogens is 907 g/mol. The van der Waals surface area contributed by atoms with E-state index in [4.69, 9.17) is 0 Å². The average Bonchev–Trinajstić information content (AvgIpc) is 4.19. The van der Waals surface area contributed by atoms with Gasteiger partial charge in [-0.05, 0) is 131 Å². The number of aromatic nitrogens is 1. The van der Waals surface area contributed by atoms with Crippen molar-refractivity contribution in [1.29, 1.82) is 0 Å². The number of rotatable bonds is 3. The number of fused-ring (bicyclic) bond motifs is 20. The van der Waals surface area contributed by atoms with Crippen molar-refractivity contribution >= 4 is 106 Å². The van der Waals surface area contributed by atoms with Gasteiger partial charge in [0.15, 0.2) is 0 Å². The third-order valence-electron chi connectivity index (χ3n) is 16.4. The molecule has 3 aromatic heterocycles. The van der Waals surface area contributed by atoms with Crippen LogP contribution in [-0.4, -0.2) is 4.57 Å². The lowest BCUT2D eigenvalue weighted by Crippen LogP contribution is -2.33. The zero-order chi connectivity index (χ0) is 46.8. The second-order valence-electron chi connectivity index (χ2n) is 19.7. The largest absolute Gasteiger partial charge is 0.309 e. The van der Waals surface area contributed by atoms with Crippen LogP contribution in [0.4, 0.5) is 0 Å². The summed E-state index contributed by atoms with van der Waals surface area (Å²) in [7, 11) is 0. The van der Waals surface area contributed by atoms with Crippen molar-refractivity contribution in [3.8, 4) is 50.2 Å². The van der Waals surface area contributed by atoms with Gasteiger partial charge in [0.25, 0.3) is 0 Å². The highest BCUT2D eigenvalue weighted by molar-refractivity contribution is 7.26. The maximum atomic E-state index is 2.54. The molecule has 2 aliphatic rings. The number of para-hydroxylation sites is 3. The Labute approximate surface area is 422 Å². The molecule has 1 unspecified atom stereocenters. The van der Waals surface area contributed by atoms with Crippen LogP contribution >= 0.6 is 22.7 Å². The van der Waals surface area contributed by atoms with Gasteiger partial charge in [0.1, 0.15) is 0 Å². The second-order valence-corrected chi connectivity index (χ2v) is 21.9. The van der Waals surface area contributed by atoms with Crippen LogP contribution in [0.1, 0.15) is 22.3 Å². The lowest BCUT2D eigenvalue weighted by atomic mass is 9.65. The number of benzene rings is 12. The van der Waals surface area contributed by atoms with E-state index in [1.165, 1.54) is 156 Å². The Morgan fingerprint density at radius 1 is 0.278 bits per heavy atom. The molecule has 1 nitrogen and oxygen atoms in total. The summed E-state index contributed by atoms with van der Waals surface area (Å²) in [6.07, 6.45) is 0. The van der Waals surface area contributed by atoms with Gasteiger partial charge in [0.05, 0.1) is 22.1 Å². The Balaban J connectivity index is 1.03. The molecule has 4 heterocycles. The molecule has 3 heteroatoms. The van der Waals surface area contributed by atoms with Gasteiger partial charge >= 0.3 is 0 Å². The van der Waals surface area contributed by atoms with Gasteiger partial charge in [-0.25, -0.2) is 0 Å². The van der Waals surface area contributed by atoms with E-state index in [9.17, 15) is 0 Å². The van der Waals surface area contributed by atoms with Crippen LogP contribution in [-0.2, 0) is 5.41 Å². The molecule has 1 aliphatic heterocycles. The summed E-state index contributed by atoms with van der Waals surface area (Å²) in [5.74, 6) is 0. The van der Waals surface area contributed by atoms with Crippen molar-refractivity contribution in [1.82, 2.24) is 4.57 Å². The van der Waals surface area contributed by atoms with Gasteiger partial charge in [0.2, 0.25) is 0 Å². The van der Waals surface area contributed by atoms with Crippen molar-refractivity contribution in [2.24, 2.45) is 0 Å². The van der Waals surface area contributed by atoms with Crippen LogP contribution < -0.4 is 0 Å². The minimum Gasteiger partial charge on any atom is -0.309 e. The Bertz CT molecular complexity index is 4710. The first-order chi connectivity index (χ1) is 35.8. The Morgan fingerprint density at radius 3 is 1.44 bits per heavy atom. The van der Waals surface area contributed by atoms with Gasteiger partial charge in [-0.2, -0.15) is 0 Å². The van der Waals surface area contributed by atoms with Gasteiger partial charge in [0, 0.05) is 51.1 Å². The molecule has 0 saturated carbocycles. The standard InChI is InChI=1S/C69H39NS2/c1-5-29-54-48(18-1)65-51(28-14-31-56(65)69(54)55-30-6-8-34-59(55)70-58-33-7-2-17-42(58)47-27-13-32-57(69)68(47)70)64-45-23-11-21-40(43-25-15-37-62-66(43)49-19-3-9-35-60(49)71-62)52(45)39-53-41(22-12-24-46(53)64)44-26-16-38-63-67(44)50-20-4-10-36-61(50)72-63/h1-39H. The van der Waals surface area contributed by atoms with Crippen molar-refractivity contribution < 1.29 is 0 Å². The minimum atomic E-state index is -0.565. The highest BCUT2D eigenvalue weighted by atomic mass is 32.1. The number of hydrogen-bond acceptors (Lipinski definition) is 2. The Hall–Kier alpha value is -8.60. The first kappa shape index (κ1) is 39.2. The Morgan fingerprint density at radius 2 is 0.736 bits per heavy atom. The molecule has 1 aliphatic carbocycles. The van der Waals surface area contributed by atoms with Crippen LogP contribution in [0.15, 0.2) is 237 Å². The van der Waals surface area contributed by atoms with Crippen LogP contribution in [0, 0.1) is 0 Å². The highest BCUT2D eigenvalue weighted by Crippen LogP contribution is 2.63. The van der Waals surface area contributed by atoms with Gasteiger partial charge < -0.3 is 4.57 Å². The summed E-state index contributed by atoms with van der Waals surface area (Å²) >= 11 is 3.78. The molecule has 0 radical (unpaired) electrons. The summed E-state index contributed by atoms with van der Waals surface area (Å²) in [6, 6.07) is 90.1. The molecule has 0 amide bonds. The molecule has 72 heavy (non-hydrogen) atoms. The predicted molar refractivity (Wildman–Crippen MR) is 309 cm³/mol. The number of hydrogen-bond donors (Lipinski definition) is 0. The zero-order valence-corrected chi connectivity index (χ0v) is 40.4. The van der Waals surface area contributed by atoms with Crippen molar-refractivity contribution in [3.05, 3.63) is 259 Å². The van der Waals surface area contributed by atoms with Gasteiger partial charge in [-0.3, -0.25) is 0 Å². The van der Waals surface area contributed by atoms with Gasteiger partial charge in [-0.1, -0.05) is 194 Å². The van der Waals surface area contributed by atoms with E-state index in [0.717, 1.165) is 0 Å². The molecule has 12 aromatic carbocycles.